The lowest BCUT2D eigenvalue weighted by atomic mass is 10.2. The van der Waals surface area contributed by atoms with Crippen LogP contribution in [0.5, 0.6) is 5.75 Å². The molecule has 0 fully saturated rings. The van der Waals surface area contributed by atoms with Gasteiger partial charge in [0.05, 0.1) is 24.1 Å². The summed E-state index contributed by atoms with van der Waals surface area (Å²) in [6, 6.07) is 13.5. The highest BCUT2D eigenvalue weighted by molar-refractivity contribution is 5.64. The molecule has 0 amide bonds. The molecule has 0 unspecified atom stereocenters. The number of benzene rings is 2. The Morgan fingerprint density at radius 1 is 1.15 bits per heavy atom. The molecule has 0 atom stereocenters. The van der Waals surface area contributed by atoms with Crippen molar-refractivity contribution in [2.24, 2.45) is 0 Å². The first-order valence-electron chi connectivity index (χ1n) is 7.99. The van der Waals surface area contributed by atoms with Crippen molar-refractivity contribution in [1.29, 1.82) is 0 Å². The van der Waals surface area contributed by atoms with Gasteiger partial charge in [0, 0.05) is 0 Å². The quantitative estimate of drug-likeness (QED) is 0.547. The summed E-state index contributed by atoms with van der Waals surface area (Å²) in [5, 5.41) is 12.0. The Labute approximate surface area is 148 Å². The predicted octanol–water partition coefficient (Wildman–Crippen LogP) is 3.52. The van der Waals surface area contributed by atoms with Crippen LogP contribution in [0.25, 0.3) is 28.7 Å². The molecule has 0 aliphatic rings. The molecular weight excluding hydrogens is 337 g/mol. The van der Waals surface area contributed by atoms with E-state index >= 15 is 0 Å². The third kappa shape index (κ3) is 3.04. The first-order chi connectivity index (χ1) is 12.7. The number of para-hydroxylation sites is 1. The smallest absolute Gasteiger partial charge is 0.262 e. The molecule has 0 N–H and O–H groups in total. The van der Waals surface area contributed by atoms with Crippen LogP contribution in [0.15, 0.2) is 59.3 Å². The molecule has 0 spiro atoms. The Kier molecular flexibility index (Phi) is 4.14. The van der Waals surface area contributed by atoms with Crippen LogP contribution in [0.3, 0.4) is 0 Å². The Hall–Kier alpha value is -3.55. The average molecular weight is 351 g/mol. The second-order valence-electron chi connectivity index (χ2n) is 5.38. The summed E-state index contributed by atoms with van der Waals surface area (Å²) in [7, 11) is 0. The van der Waals surface area contributed by atoms with Crippen molar-refractivity contribution >= 4 is 0 Å². The molecule has 2 heterocycles. The van der Waals surface area contributed by atoms with Gasteiger partial charge in [-0.15, -0.1) is 5.10 Å². The minimum Gasteiger partial charge on any atom is -0.493 e. The van der Waals surface area contributed by atoms with Gasteiger partial charge in [0.2, 0.25) is 5.82 Å². The van der Waals surface area contributed by atoms with Crippen molar-refractivity contribution in [2.45, 2.75) is 6.92 Å². The number of hydrogen-bond acceptors (Lipinski definition) is 6. The number of ether oxygens (including phenoxy) is 1. The summed E-state index contributed by atoms with van der Waals surface area (Å²) in [5.41, 5.74) is 1.66. The zero-order valence-corrected chi connectivity index (χ0v) is 13.8. The first-order valence-corrected chi connectivity index (χ1v) is 7.99. The average Bonchev–Trinajstić information content (AvgIpc) is 3.32. The normalized spacial score (nSPS) is 10.8. The van der Waals surface area contributed by atoms with Crippen molar-refractivity contribution in [3.8, 4) is 34.4 Å². The van der Waals surface area contributed by atoms with E-state index in [9.17, 15) is 4.39 Å². The van der Waals surface area contributed by atoms with Crippen LogP contribution in [0.2, 0.25) is 0 Å². The van der Waals surface area contributed by atoms with Crippen LogP contribution in [0.4, 0.5) is 4.39 Å². The van der Waals surface area contributed by atoms with Crippen LogP contribution in [0, 0.1) is 5.82 Å². The highest BCUT2D eigenvalue weighted by Crippen LogP contribution is 2.29. The summed E-state index contributed by atoms with van der Waals surface area (Å²) in [4.78, 5) is 4.37. The van der Waals surface area contributed by atoms with Crippen molar-refractivity contribution in [1.82, 2.24) is 25.1 Å². The maximum Gasteiger partial charge on any atom is 0.262 e. The number of aromatic nitrogens is 5. The van der Waals surface area contributed by atoms with E-state index in [0.717, 1.165) is 0 Å². The van der Waals surface area contributed by atoms with Gasteiger partial charge >= 0.3 is 0 Å². The van der Waals surface area contributed by atoms with Gasteiger partial charge < -0.3 is 9.26 Å². The van der Waals surface area contributed by atoms with E-state index in [4.69, 9.17) is 9.26 Å². The first kappa shape index (κ1) is 15.9. The van der Waals surface area contributed by atoms with Gasteiger partial charge in [-0.25, -0.2) is 9.07 Å². The molecule has 0 radical (unpaired) electrons. The summed E-state index contributed by atoms with van der Waals surface area (Å²) in [6.45, 7) is 2.43. The molecule has 130 valence electrons. The second-order valence-corrected chi connectivity index (χ2v) is 5.38. The fraction of sp³-hybridized carbons (Fsp3) is 0.111. The molecule has 0 saturated heterocycles. The number of hydrogen-bond donors (Lipinski definition) is 0. The van der Waals surface area contributed by atoms with E-state index in [-0.39, 0.29) is 11.6 Å². The largest absolute Gasteiger partial charge is 0.493 e. The lowest BCUT2D eigenvalue weighted by Gasteiger charge is -2.05. The summed E-state index contributed by atoms with van der Waals surface area (Å²) >= 11 is 0. The highest BCUT2D eigenvalue weighted by Gasteiger charge is 2.17. The number of nitrogens with zero attached hydrogens (tertiary/aromatic N) is 5. The van der Waals surface area contributed by atoms with Crippen LogP contribution in [-0.2, 0) is 0 Å². The second kappa shape index (κ2) is 6.75. The van der Waals surface area contributed by atoms with E-state index in [0.29, 0.717) is 35.2 Å². The molecule has 26 heavy (non-hydrogen) atoms. The minimum absolute atomic E-state index is 0.286. The molecule has 0 bridgehead atoms. The Morgan fingerprint density at radius 3 is 2.88 bits per heavy atom. The molecule has 2 aromatic carbocycles. The standard InChI is InChI=1S/C18H14FN5O2/c1-2-25-16-9-4-3-8-14(16)18-20-17(22-26-18)15-11-24(23-21-15)13-7-5-6-12(19)10-13/h3-11H,2H2,1H3. The fourth-order valence-electron chi connectivity index (χ4n) is 2.47. The molecule has 0 aliphatic heterocycles. The van der Waals surface area contributed by atoms with Gasteiger partial charge in [0.1, 0.15) is 11.6 Å². The van der Waals surface area contributed by atoms with Crippen molar-refractivity contribution in [2.75, 3.05) is 6.61 Å². The van der Waals surface area contributed by atoms with E-state index in [1.54, 1.807) is 18.3 Å². The molecular formula is C18H14FN5O2. The topological polar surface area (TPSA) is 78.9 Å². The zero-order chi connectivity index (χ0) is 17.9. The SMILES string of the molecule is CCOc1ccccc1-c1nc(-c2cn(-c3cccc(F)c3)nn2)no1. The van der Waals surface area contributed by atoms with E-state index in [1.807, 2.05) is 31.2 Å². The minimum atomic E-state index is -0.353. The predicted molar refractivity (Wildman–Crippen MR) is 91.2 cm³/mol. The Morgan fingerprint density at radius 2 is 2.04 bits per heavy atom. The third-order valence-corrected chi connectivity index (χ3v) is 3.64. The summed E-state index contributed by atoms with van der Waals surface area (Å²) < 4.78 is 25.7. The highest BCUT2D eigenvalue weighted by atomic mass is 19.1. The monoisotopic (exact) mass is 351 g/mol. The van der Waals surface area contributed by atoms with Gasteiger partial charge in [0.25, 0.3) is 5.89 Å². The number of rotatable bonds is 5. The Balaban J connectivity index is 1.65. The molecule has 4 rings (SSSR count). The lowest BCUT2D eigenvalue weighted by molar-refractivity contribution is 0.339. The van der Waals surface area contributed by atoms with Gasteiger partial charge in [-0.05, 0) is 37.3 Å². The molecule has 7 nitrogen and oxygen atoms in total. The van der Waals surface area contributed by atoms with Crippen LogP contribution in [0.1, 0.15) is 6.92 Å². The maximum atomic E-state index is 13.4. The van der Waals surface area contributed by atoms with Crippen molar-refractivity contribution < 1.29 is 13.7 Å². The zero-order valence-electron chi connectivity index (χ0n) is 13.8. The van der Waals surface area contributed by atoms with E-state index in [1.165, 1.54) is 16.8 Å². The summed E-state index contributed by atoms with van der Waals surface area (Å²) in [5.74, 6) is 0.917. The van der Waals surface area contributed by atoms with E-state index in [2.05, 4.69) is 20.5 Å². The maximum absolute atomic E-state index is 13.4. The van der Waals surface area contributed by atoms with Gasteiger partial charge in [0.15, 0.2) is 5.69 Å². The van der Waals surface area contributed by atoms with Crippen molar-refractivity contribution in [3.05, 3.63) is 60.5 Å². The van der Waals surface area contributed by atoms with Gasteiger partial charge in [-0.3, -0.25) is 0 Å². The molecule has 2 aromatic heterocycles. The van der Waals surface area contributed by atoms with Crippen molar-refractivity contribution in [3.63, 3.8) is 0 Å². The van der Waals surface area contributed by atoms with Crippen LogP contribution in [-0.4, -0.2) is 31.7 Å². The van der Waals surface area contributed by atoms with Gasteiger partial charge in [-0.1, -0.05) is 28.6 Å². The van der Waals surface area contributed by atoms with Crippen LogP contribution < -0.4 is 4.74 Å². The van der Waals surface area contributed by atoms with Gasteiger partial charge in [-0.2, -0.15) is 4.98 Å². The molecule has 4 aromatic rings. The van der Waals surface area contributed by atoms with E-state index < -0.39 is 0 Å². The Bertz CT molecular complexity index is 1040. The van der Waals surface area contributed by atoms with Crippen LogP contribution >= 0.6 is 0 Å². The summed E-state index contributed by atoms with van der Waals surface area (Å²) in [6.07, 6.45) is 1.61. The molecule has 0 aliphatic carbocycles. The third-order valence-electron chi connectivity index (χ3n) is 3.64. The fourth-order valence-corrected chi connectivity index (χ4v) is 2.47. The lowest BCUT2D eigenvalue weighted by Crippen LogP contribution is -1.94. The number of halogens is 1. The molecule has 8 heteroatoms. The molecule has 0 saturated carbocycles.